The van der Waals surface area contributed by atoms with Crippen LogP contribution in [0.25, 0.3) is 0 Å². The summed E-state index contributed by atoms with van der Waals surface area (Å²) in [5, 5.41) is 13.3. The van der Waals surface area contributed by atoms with E-state index in [2.05, 4.69) is 12.2 Å². The molecule has 124 valence electrons. The van der Waals surface area contributed by atoms with Gasteiger partial charge >= 0.3 is 6.18 Å². The third-order valence-electron chi connectivity index (χ3n) is 3.03. The Labute approximate surface area is 131 Å². The maximum Gasteiger partial charge on any atom is 0.418 e. The molecule has 22 heavy (non-hydrogen) atoms. The molecule has 0 aliphatic heterocycles. The number of rotatable bonds is 9. The number of hydrogen-bond donors (Lipinski definition) is 1. The molecule has 0 aliphatic carbocycles. The lowest BCUT2D eigenvalue weighted by Gasteiger charge is -2.14. The average Bonchev–Trinajstić information content (AvgIpc) is 2.45. The molecule has 0 fully saturated rings. The SMILES string of the molecule is CCCCCCSCNc1ccc([N+](=O)[O-])cc1C(F)(F)F. The zero-order valence-corrected chi connectivity index (χ0v) is 13.1. The fourth-order valence-corrected chi connectivity index (χ4v) is 2.68. The van der Waals surface area contributed by atoms with Gasteiger partial charge in [0.05, 0.1) is 16.4 Å². The largest absolute Gasteiger partial charge is 0.418 e. The van der Waals surface area contributed by atoms with E-state index in [9.17, 15) is 23.3 Å². The highest BCUT2D eigenvalue weighted by Crippen LogP contribution is 2.37. The first-order valence-electron chi connectivity index (χ1n) is 7.03. The van der Waals surface area contributed by atoms with E-state index in [0.29, 0.717) is 11.9 Å². The smallest absolute Gasteiger partial charge is 0.376 e. The monoisotopic (exact) mass is 336 g/mol. The minimum absolute atomic E-state index is 0.126. The fraction of sp³-hybridized carbons (Fsp3) is 0.571. The Balaban J connectivity index is 2.60. The van der Waals surface area contributed by atoms with Gasteiger partial charge in [-0.25, -0.2) is 0 Å². The second kappa shape index (κ2) is 8.87. The van der Waals surface area contributed by atoms with Crippen molar-refractivity contribution in [1.29, 1.82) is 0 Å². The van der Waals surface area contributed by atoms with Gasteiger partial charge in [-0.2, -0.15) is 13.2 Å². The molecule has 0 amide bonds. The molecule has 0 aromatic heterocycles. The van der Waals surface area contributed by atoms with Gasteiger partial charge in [-0.3, -0.25) is 10.1 Å². The first-order valence-corrected chi connectivity index (χ1v) is 8.19. The average molecular weight is 336 g/mol. The zero-order valence-electron chi connectivity index (χ0n) is 12.3. The molecule has 1 rings (SSSR count). The van der Waals surface area contributed by atoms with Crippen molar-refractivity contribution >= 4 is 23.1 Å². The van der Waals surface area contributed by atoms with Crippen LogP contribution in [0.3, 0.4) is 0 Å². The third kappa shape index (κ3) is 6.13. The van der Waals surface area contributed by atoms with Gasteiger partial charge in [-0.05, 0) is 18.2 Å². The number of nitro benzene ring substituents is 1. The Bertz CT molecular complexity index is 495. The van der Waals surface area contributed by atoms with Crippen molar-refractivity contribution in [2.45, 2.75) is 38.8 Å². The van der Waals surface area contributed by atoms with Crippen LogP contribution in [0.2, 0.25) is 0 Å². The van der Waals surface area contributed by atoms with Crippen molar-refractivity contribution in [3.05, 3.63) is 33.9 Å². The standard InChI is InChI=1S/C14H19F3N2O2S/c1-2-3-4-5-8-22-10-18-13-7-6-11(19(20)21)9-12(13)14(15,16)17/h6-7,9,18H,2-5,8,10H2,1H3. The second-order valence-electron chi connectivity index (χ2n) is 4.77. The van der Waals surface area contributed by atoms with Crippen molar-refractivity contribution in [3.8, 4) is 0 Å². The van der Waals surface area contributed by atoms with E-state index < -0.39 is 22.4 Å². The summed E-state index contributed by atoms with van der Waals surface area (Å²) in [5.74, 6) is 1.22. The molecule has 1 aromatic carbocycles. The van der Waals surface area contributed by atoms with E-state index in [4.69, 9.17) is 0 Å². The van der Waals surface area contributed by atoms with Gasteiger partial charge < -0.3 is 5.32 Å². The number of alkyl halides is 3. The predicted molar refractivity (Wildman–Crippen MR) is 83.2 cm³/mol. The lowest BCUT2D eigenvalue weighted by Crippen LogP contribution is -2.11. The summed E-state index contributed by atoms with van der Waals surface area (Å²) in [5.41, 5.74) is -1.70. The number of anilines is 1. The number of unbranched alkanes of at least 4 members (excludes halogenated alkanes) is 3. The highest BCUT2D eigenvalue weighted by Gasteiger charge is 2.35. The van der Waals surface area contributed by atoms with Crippen molar-refractivity contribution < 1.29 is 18.1 Å². The van der Waals surface area contributed by atoms with Gasteiger partial charge in [0.2, 0.25) is 0 Å². The molecule has 0 spiro atoms. The number of benzene rings is 1. The van der Waals surface area contributed by atoms with Gasteiger partial charge in [0.15, 0.2) is 0 Å². The molecule has 0 saturated heterocycles. The highest BCUT2D eigenvalue weighted by molar-refractivity contribution is 7.99. The Hall–Kier alpha value is -1.44. The Morgan fingerprint density at radius 1 is 1.27 bits per heavy atom. The van der Waals surface area contributed by atoms with E-state index in [1.54, 1.807) is 0 Å². The molecule has 0 bridgehead atoms. The maximum absolute atomic E-state index is 12.9. The summed E-state index contributed by atoms with van der Waals surface area (Å²) in [6, 6.07) is 2.75. The molecule has 0 unspecified atom stereocenters. The van der Waals surface area contributed by atoms with E-state index in [-0.39, 0.29) is 5.69 Å². The first-order chi connectivity index (χ1) is 10.4. The van der Waals surface area contributed by atoms with Gasteiger partial charge in [0, 0.05) is 17.8 Å². The zero-order chi connectivity index (χ0) is 16.6. The topological polar surface area (TPSA) is 55.2 Å². The summed E-state index contributed by atoms with van der Waals surface area (Å²) >= 11 is 1.52. The lowest BCUT2D eigenvalue weighted by atomic mass is 10.1. The van der Waals surface area contributed by atoms with Crippen molar-refractivity contribution in [3.63, 3.8) is 0 Å². The minimum atomic E-state index is -4.62. The van der Waals surface area contributed by atoms with Crippen molar-refractivity contribution in [1.82, 2.24) is 0 Å². The maximum atomic E-state index is 12.9. The number of non-ortho nitro benzene ring substituents is 1. The van der Waals surface area contributed by atoms with Gasteiger partial charge in [-0.15, -0.1) is 11.8 Å². The number of hydrogen-bond acceptors (Lipinski definition) is 4. The molecule has 0 heterocycles. The van der Waals surface area contributed by atoms with Crippen LogP contribution >= 0.6 is 11.8 Å². The predicted octanol–water partition coefficient (Wildman–Crippen LogP) is 5.30. The summed E-state index contributed by atoms with van der Waals surface area (Å²) < 4.78 is 38.8. The molecule has 1 aromatic rings. The van der Waals surface area contributed by atoms with E-state index in [1.807, 2.05) is 0 Å². The van der Waals surface area contributed by atoms with Gasteiger partial charge in [0.25, 0.3) is 5.69 Å². The van der Waals surface area contributed by atoms with Crippen LogP contribution in [-0.4, -0.2) is 16.6 Å². The van der Waals surface area contributed by atoms with E-state index in [0.717, 1.165) is 43.6 Å². The number of halogens is 3. The summed E-state index contributed by atoms with van der Waals surface area (Å²) in [4.78, 5) is 9.76. The highest BCUT2D eigenvalue weighted by atomic mass is 32.2. The number of nitrogens with zero attached hydrogens (tertiary/aromatic N) is 1. The second-order valence-corrected chi connectivity index (χ2v) is 5.88. The van der Waals surface area contributed by atoms with Gasteiger partial charge in [-0.1, -0.05) is 26.2 Å². The number of nitro groups is 1. The molecular formula is C14H19F3N2O2S. The molecule has 8 heteroatoms. The number of nitrogens with one attached hydrogen (secondary N) is 1. The molecule has 0 radical (unpaired) electrons. The van der Waals surface area contributed by atoms with E-state index in [1.165, 1.54) is 11.8 Å². The normalized spacial score (nSPS) is 11.5. The van der Waals surface area contributed by atoms with Crippen LogP contribution in [0.15, 0.2) is 18.2 Å². The Morgan fingerprint density at radius 2 is 2.00 bits per heavy atom. The molecule has 4 nitrogen and oxygen atoms in total. The Morgan fingerprint density at radius 3 is 2.59 bits per heavy atom. The van der Waals surface area contributed by atoms with Crippen molar-refractivity contribution in [2.75, 3.05) is 16.9 Å². The van der Waals surface area contributed by atoms with Crippen LogP contribution < -0.4 is 5.32 Å². The fourth-order valence-electron chi connectivity index (χ4n) is 1.87. The van der Waals surface area contributed by atoms with Crippen molar-refractivity contribution in [2.24, 2.45) is 0 Å². The summed E-state index contributed by atoms with van der Waals surface area (Å²) in [6.07, 6.45) is -0.170. The molecular weight excluding hydrogens is 317 g/mol. The summed E-state index contributed by atoms with van der Waals surface area (Å²) in [6.45, 7) is 2.11. The molecule has 0 saturated carbocycles. The molecule has 0 atom stereocenters. The van der Waals surface area contributed by atoms with Crippen LogP contribution in [-0.2, 0) is 6.18 Å². The third-order valence-corrected chi connectivity index (χ3v) is 3.95. The lowest BCUT2D eigenvalue weighted by molar-refractivity contribution is -0.385. The first kappa shape index (κ1) is 18.6. The van der Waals surface area contributed by atoms with Crippen LogP contribution in [0, 0.1) is 10.1 Å². The molecule has 1 N–H and O–H groups in total. The van der Waals surface area contributed by atoms with Crippen LogP contribution in [0.1, 0.15) is 38.2 Å². The summed E-state index contributed by atoms with van der Waals surface area (Å²) in [7, 11) is 0. The number of thioether (sulfide) groups is 1. The van der Waals surface area contributed by atoms with E-state index >= 15 is 0 Å². The quantitative estimate of drug-likeness (QED) is 0.288. The molecule has 0 aliphatic rings. The Kier molecular flexibility index (Phi) is 7.50. The minimum Gasteiger partial charge on any atom is -0.376 e. The van der Waals surface area contributed by atoms with Crippen LogP contribution in [0.4, 0.5) is 24.5 Å². The van der Waals surface area contributed by atoms with Crippen LogP contribution in [0.5, 0.6) is 0 Å². The van der Waals surface area contributed by atoms with Gasteiger partial charge in [0.1, 0.15) is 0 Å².